The molecule has 0 saturated carbocycles. The maximum Gasteiger partial charge on any atom is 0.223 e. The fourth-order valence-electron chi connectivity index (χ4n) is 1.50. The molecule has 0 bridgehead atoms. The van der Waals surface area contributed by atoms with Gasteiger partial charge in [0.05, 0.1) is 12.6 Å². The number of nitrogens with zero attached hydrogens (tertiary/aromatic N) is 2. The van der Waals surface area contributed by atoms with Crippen molar-refractivity contribution in [3.63, 3.8) is 0 Å². The zero-order valence-corrected chi connectivity index (χ0v) is 11.5. The van der Waals surface area contributed by atoms with Gasteiger partial charge in [0.2, 0.25) is 5.95 Å². The Bertz CT molecular complexity index is 369. The van der Waals surface area contributed by atoms with Gasteiger partial charge in [-0.2, -0.15) is 9.97 Å². The van der Waals surface area contributed by atoms with Gasteiger partial charge in [-0.15, -0.1) is 0 Å². The van der Waals surface area contributed by atoms with Crippen molar-refractivity contribution in [2.45, 2.75) is 26.8 Å². The zero-order chi connectivity index (χ0) is 13.5. The Hall–Kier alpha value is -1.56. The van der Waals surface area contributed by atoms with Crippen molar-refractivity contribution in [2.75, 3.05) is 36.6 Å². The first-order valence-corrected chi connectivity index (χ1v) is 6.23. The average molecular weight is 253 g/mol. The quantitative estimate of drug-likeness (QED) is 0.684. The van der Waals surface area contributed by atoms with E-state index in [4.69, 9.17) is 10.5 Å². The molecule has 1 aromatic heterocycles. The maximum absolute atomic E-state index is 5.65. The van der Waals surface area contributed by atoms with Crippen LogP contribution in [0.4, 0.5) is 17.6 Å². The number of anilines is 3. The second-order valence-corrected chi connectivity index (χ2v) is 4.40. The molecular formula is C12H23N5O. The number of hydrogen-bond donors (Lipinski definition) is 3. The highest BCUT2D eigenvalue weighted by molar-refractivity contribution is 5.51. The van der Waals surface area contributed by atoms with Gasteiger partial charge in [-0.05, 0) is 12.8 Å². The molecule has 0 aliphatic heterocycles. The van der Waals surface area contributed by atoms with E-state index >= 15 is 0 Å². The van der Waals surface area contributed by atoms with Crippen LogP contribution in [0.2, 0.25) is 0 Å². The van der Waals surface area contributed by atoms with E-state index in [0.29, 0.717) is 30.8 Å². The van der Waals surface area contributed by atoms with Crippen LogP contribution in [0.25, 0.3) is 0 Å². The van der Waals surface area contributed by atoms with E-state index in [-0.39, 0.29) is 12.0 Å². The normalized spacial score (nSPS) is 12.5. The number of nitrogens with one attached hydrogen (secondary N) is 2. The Kier molecular flexibility index (Phi) is 5.64. The van der Waals surface area contributed by atoms with Crippen LogP contribution in [0.3, 0.4) is 0 Å². The Morgan fingerprint density at radius 3 is 2.56 bits per heavy atom. The van der Waals surface area contributed by atoms with Gasteiger partial charge >= 0.3 is 0 Å². The number of rotatable bonds is 7. The highest BCUT2D eigenvalue weighted by atomic mass is 16.5. The second kappa shape index (κ2) is 7.00. The van der Waals surface area contributed by atoms with Crippen molar-refractivity contribution in [1.82, 2.24) is 9.97 Å². The molecule has 1 unspecified atom stereocenters. The summed E-state index contributed by atoms with van der Waals surface area (Å²) in [7, 11) is 1.80. The lowest BCUT2D eigenvalue weighted by Gasteiger charge is -2.22. The third kappa shape index (κ3) is 4.37. The summed E-state index contributed by atoms with van der Waals surface area (Å²) in [5, 5.41) is 6.28. The number of aromatic nitrogens is 2. The van der Waals surface area contributed by atoms with Crippen molar-refractivity contribution in [2.24, 2.45) is 5.92 Å². The third-order valence-electron chi connectivity index (χ3n) is 2.64. The monoisotopic (exact) mass is 253 g/mol. The van der Waals surface area contributed by atoms with Crippen molar-refractivity contribution in [3.05, 3.63) is 6.07 Å². The molecule has 4 N–H and O–H groups in total. The van der Waals surface area contributed by atoms with E-state index in [2.05, 4.69) is 34.4 Å². The number of nitrogen functional groups attached to an aromatic ring is 1. The fraction of sp³-hybridized carbons (Fsp3) is 0.667. The lowest BCUT2D eigenvalue weighted by molar-refractivity contribution is 0.126. The molecule has 18 heavy (non-hydrogen) atoms. The Morgan fingerprint density at radius 2 is 2.00 bits per heavy atom. The van der Waals surface area contributed by atoms with Gasteiger partial charge in [-0.25, -0.2) is 0 Å². The highest BCUT2D eigenvalue weighted by Crippen LogP contribution is 2.15. The molecule has 0 aliphatic carbocycles. The Morgan fingerprint density at radius 1 is 1.33 bits per heavy atom. The van der Waals surface area contributed by atoms with Crippen molar-refractivity contribution in [3.8, 4) is 0 Å². The molecule has 1 atom stereocenters. The molecule has 0 aliphatic rings. The standard InChI is InChI=1S/C12H23N5O/c1-5-18-7-9(8(2)3)15-11-6-10(14-4)16-12(13)17-11/h6,8-9H,5,7H2,1-4H3,(H4,13,14,15,16,17). The number of hydrogen-bond acceptors (Lipinski definition) is 6. The molecule has 1 aromatic rings. The summed E-state index contributed by atoms with van der Waals surface area (Å²) in [6.07, 6.45) is 0. The average Bonchev–Trinajstić information content (AvgIpc) is 2.33. The second-order valence-electron chi connectivity index (χ2n) is 4.40. The molecule has 102 valence electrons. The summed E-state index contributed by atoms with van der Waals surface area (Å²) >= 11 is 0. The summed E-state index contributed by atoms with van der Waals surface area (Å²) in [5.41, 5.74) is 5.65. The van der Waals surface area contributed by atoms with E-state index in [0.717, 1.165) is 0 Å². The third-order valence-corrected chi connectivity index (χ3v) is 2.64. The molecule has 0 radical (unpaired) electrons. The van der Waals surface area contributed by atoms with E-state index in [1.807, 2.05) is 13.0 Å². The minimum absolute atomic E-state index is 0.198. The van der Waals surface area contributed by atoms with Gasteiger partial charge in [-0.1, -0.05) is 13.8 Å². The van der Waals surface area contributed by atoms with Crippen molar-refractivity contribution >= 4 is 17.6 Å². The Balaban J connectivity index is 2.76. The molecule has 0 amide bonds. The molecule has 0 fully saturated rings. The molecule has 0 spiro atoms. The highest BCUT2D eigenvalue weighted by Gasteiger charge is 2.14. The van der Waals surface area contributed by atoms with Crippen LogP contribution in [0.5, 0.6) is 0 Å². The summed E-state index contributed by atoms with van der Waals surface area (Å²) in [4.78, 5) is 8.22. The molecule has 0 aromatic carbocycles. The van der Waals surface area contributed by atoms with Gasteiger partial charge in [0.25, 0.3) is 0 Å². The van der Waals surface area contributed by atoms with Crippen LogP contribution in [-0.4, -0.2) is 36.3 Å². The predicted molar refractivity (Wildman–Crippen MR) is 74.7 cm³/mol. The van der Waals surface area contributed by atoms with Crippen LogP contribution in [-0.2, 0) is 4.74 Å². The lowest BCUT2D eigenvalue weighted by atomic mass is 10.1. The molecule has 1 heterocycles. The maximum atomic E-state index is 5.65. The van der Waals surface area contributed by atoms with Crippen molar-refractivity contribution in [1.29, 1.82) is 0 Å². The SMILES string of the molecule is CCOCC(Nc1cc(NC)nc(N)n1)C(C)C. The van der Waals surface area contributed by atoms with Crippen LogP contribution >= 0.6 is 0 Å². The lowest BCUT2D eigenvalue weighted by Crippen LogP contribution is -2.31. The fourth-order valence-corrected chi connectivity index (χ4v) is 1.50. The minimum Gasteiger partial charge on any atom is -0.380 e. The summed E-state index contributed by atoms with van der Waals surface area (Å²) in [5.74, 6) is 2.10. The molecular weight excluding hydrogens is 230 g/mol. The van der Waals surface area contributed by atoms with Gasteiger partial charge < -0.3 is 21.1 Å². The molecule has 6 nitrogen and oxygen atoms in total. The Labute approximate surface area is 108 Å². The first-order valence-electron chi connectivity index (χ1n) is 6.23. The van der Waals surface area contributed by atoms with Crippen LogP contribution in [0.15, 0.2) is 6.07 Å². The molecule has 6 heteroatoms. The van der Waals surface area contributed by atoms with Crippen LogP contribution in [0, 0.1) is 5.92 Å². The van der Waals surface area contributed by atoms with Crippen LogP contribution < -0.4 is 16.4 Å². The van der Waals surface area contributed by atoms with Crippen LogP contribution in [0.1, 0.15) is 20.8 Å². The first-order chi connectivity index (χ1) is 8.56. The largest absolute Gasteiger partial charge is 0.380 e. The van der Waals surface area contributed by atoms with Gasteiger partial charge in [-0.3, -0.25) is 0 Å². The smallest absolute Gasteiger partial charge is 0.223 e. The topological polar surface area (TPSA) is 85.1 Å². The summed E-state index contributed by atoms with van der Waals surface area (Å²) < 4.78 is 5.46. The number of ether oxygens (including phenoxy) is 1. The predicted octanol–water partition coefficient (Wildman–Crippen LogP) is 1.57. The minimum atomic E-state index is 0.198. The van der Waals surface area contributed by atoms with E-state index in [1.54, 1.807) is 7.05 Å². The zero-order valence-electron chi connectivity index (χ0n) is 11.5. The van der Waals surface area contributed by atoms with E-state index in [9.17, 15) is 0 Å². The number of nitrogens with two attached hydrogens (primary N) is 1. The van der Waals surface area contributed by atoms with Gasteiger partial charge in [0.1, 0.15) is 11.6 Å². The van der Waals surface area contributed by atoms with Gasteiger partial charge in [0, 0.05) is 19.7 Å². The molecule has 1 rings (SSSR count). The van der Waals surface area contributed by atoms with E-state index < -0.39 is 0 Å². The summed E-state index contributed by atoms with van der Waals surface area (Å²) in [6.45, 7) is 7.62. The van der Waals surface area contributed by atoms with Crippen molar-refractivity contribution < 1.29 is 4.74 Å². The van der Waals surface area contributed by atoms with Gasteiger partial charge in [0.15, 0.2) is 0 Å². The summed E-state index contributed by atoms with van der Waals surface area (Å²) in [6, 6.07) is 2.03. The van der Waals surface area contributed by atoms with E-state index in [1.165, 1.54) is 0 Å². The first kappa shape index (κ1) is 14.5. The molecule has 0 saturated heterocycles.